The first-order valence-corrected chi connectivity index (χ1v) is 12.5. The van der Waals surface area contributed by atoms with Gasteiger partial charge in [-0.2, -0.15) is 5.01 Å². The highest BCUT2D eigenvalue weighted by Crippen LogP contribution is 2.36. The second-order valence-electron chi connectivity index (χ2n) is 8.79. The van der Waals surface area contributed by atoms with E-state index in [2.05, 4.69) is 22.7 Å². The van der Waals surface area contributed by atoms with Crippen molar-refractivity contribution in [1.29, 1.82) is 0 Å². The number of aromatic nitrogens is 2. The van der Waals surface area contributed by atoms with Crippen LogP contribution in [0.15, 0.2) is 28.6 Å². The van der Waals surface area contributed by atoms with E-state index in [-0.39, 0.29) is 12.1 Å². The number of nitrogens with zero attached hydrogens (tertiary/aromatic N) is 3. The van der Waals surface area contributed by atoms with Crippen LogP contribution in [0.3, 0.4) is 0 Å². The van der Waals surface area contributed by atoms with Gasteiger partial charge in [0.05, 0.1) is 11.7 Å². The Bertz CT molecular complexity index is 1330. The molecular formula is C22H23N5O4S2. The molecule has 1 aliphatic heterocycles. The zero-order chi connectivity index (χ0) is 23.3. The van der Waals surface area contributed by atoms with E-state index in [1.165, 1.54) is 22.2 Å². The van der Waals surface area contributed by atoms with Crippen molar-refractivity contribution in [3.05, 3.63) is 39.1 Å². The van der Waals surface area contributed by atoms with Crippen LogP contribution in [0.25, 0.3) is 20.7 Å². The smallest absolute Gasteiger partial charge is 0.322 e. The fourth-order valence-electron chi connectivity index (χ4n) is 4.47. The maximum Gasteiger partial charge on any atom is 0.344 e. The van der Waals surface area contributed by atoms with Crippen LogP contribution in [0.2, 0.25) is 0 Å². The Hall–Kier alpha value is -3.05. The van der Waals surface area contributed by atoms with Gasteiger partial charge in [0.1, 0.15) is 16.9 Å². The van der Waals surface area contributed by atoms with Gasteiger partial charge in [0.2, 0.25) is 0 Å². The third-order valence-electron chi connectivity index (χ3n) is 6.41. The molecule has 2 fully saturated rings. The molecule has 3 aromatic rings. The summed E-state index contributed by atoms with van der Waals surface area (Å²) in [6.07, 6.45) is 4.09. The van der Waals surface area contributed by atoms with Crippen LogP contribution in [0.5, 0.6) is 0 Å². The summed E-state index contributed by atoms with van der Waals surface area (Å²) in [5.41, 5.74) is 1.89. The van der Waals surface area contributed by atoms with Crippen LogP contribution in [0, 0.1) is 12.8 Å². The van der Waals surface area contributed by atoms with Crippen LogP contribution in [-0.4, -0.2) is 37.9 Å². The van der Waals surface area contributed by atoms with E-state index in [0.717, 1.165) is 33.2 Å². The lowest BCUT2D eigenvalue weighted by Gasteiger charge is -2.33. The summed E-state index contributed by atoms with van der Waals surface area (Å²) < 4.78 is 1.20. The van der Waals surface area contributed by atoms with Gasteiger partial charge in [-0.25, -0.2) is 9.78 Å². The first kappa shape index (κ1) is 21.8. The standard InChI is InChI=1S/C22H23N5O4S2/c1-12-5-7-22(8-6-12)20(30)27(21(31)24-22)25-16(28)9-26-11-23-18-17(19(26)29)14(10-32-18)15-4-3-13(2)33-15/h3-4,10-12H,5-9H2,1-2H3,(H,24,31)(H,25,28). The molecule has 0 bridgehead atoms. The monoisotopic (exact) mass is 485 g/mol. The van der Waals surface area contributed by atoms with Gasteiger partial charge < -0.3 is 5.32 Å². The minimum atomic E-state index is -0.946. The van der Waals surface area contributed by atoms with E-state index < -0.39 is 23.4 Å². The molecule has 0 atom stereocenters. The molecule has 3 aromatic heterocycles. The van der Waals surface area contributed by atoms with Crippen molar-refractivity contribution in [2.45, 2.75) is 51.6 Å². The molecule has 1 saturated heterocycles. The highest BCUT2D eigenvalue weighted by atomic mass is 32.1. The molecule has 0 aromatic carbocycles. The predicted molar refractivity (Wildman–Crippen MR) is 126 cm³/mol. The number of rotatable bonds is 4. The topological polar surface area (TPSA) is 113 Å². The van der Waals surface area contributed by atoms with E-state index in [1.54, 1.807) is 11.3 Å². The summed E-state index contributed by atoms with van der Waals surface area (Å²) in [4.78, 5) is 58.3. The zero-order valence-corrected chi connectivity index (χ0v) is 19.8. The van der Waals surface area contributed by atoms with Gasteiger partial charge in [0.25, 0.3) is 17.4 Å². The van der Waals surface area contributed by atoms with Crippen molar-refractivity contribution in [2.75, 3.05) is 0 Å². The van der Waals surface area contributed by atoms with E-state index in [9.17, 15) is 19.2 Å². The fraction of sp³-hybridized carbons (Fsp3) is 0.409. The highest BCUT2D eigenvalue weighted by Gasteiger charge is 2.52. The van der Waals surface area contributed by atoms with E-state index in [4.69, 9.17) is 0 Å². The molecule has 1 aliphatic carbocycles. The number of carbonyl (C=O) groups is 3. The number of imide groups is 1. The van der Waals surface area contributed by atoms with Crippen molar-refractivity contribution < 1.29 is 14.4 Å². The summed E-state index contributed by atoms with van der Waals surface area (Å²) in [5.74, 6) is -0.591. The quantitative estimate of drug-likeness (QED) is 0.552. The summed E-state index contributed by atoms with van der Waals surface area (Å²) in [5, 5.41) is 5.87. The number of aryl methyl sites for hydroxylation is 1. The van der Waals surface area contributed by atoms with Gasteiger partial charge in [-0.1, -0.05) is 6.92 Å². The molecule has 4 heterocycles. The average molecular weight is 486 g/mol. The third-order valence-corrected chi connectivity index (χ3v) is 8.33. The normalized spacial score (nSPS) is 22.8. The Labute approximate surface area is 197 Å². The second kappa shape index (κ2) is 8.07. The maximum atomic E-state index is 13.2. The molecule has 1 saturated carbocycles. The van der Waals surface area contributed by atoms with Crippen molar-refractivity contribution in [3.8, 4) is 10.4 Å². The average Bonchev–Trinajstić information content (AvgIpc) is 3.46. The van der Waals surface area contributed by atoms with Crippen LogP contribution in [-0.2, 0) is 16.1 Å². The van der Waals surface area contributed by atoms with E-state index in [1.807, 2.05) is 24.4 Å². The number of carbonyl (C=O) groups excluding carboxylic acids is 3. The van der Waals surface area contributed by atoms with Gasteiger partial charge in [-0.05, 0) is 50.7 Å². The molecule has 33 heavy (non-hydrogen) atoms. The van der Waals surface area contributed by atoms with E-state index in [0.29, 0.717) is 29.0 Å². The molecular weight excluding hydrogens is 462 g/mol. The second-order valence-corrected chi connectivity index (χ2v) is 10.9. The molecule has 172 valence electrons. The molecule has 5 rings (SSSR count). The number of hydrazine groups is 1. The Morgan fingerprint density at radius 2 is 2.03 bits per heavy atom. The molecule has 11 heteroatoms. The largest absolute Gasteiger partial charge is 0.344 e. The van der Waals surface area contributed by atoms with Gasteiger partial charge >= 0.3 is 6.03 Å². The number of thiophene rings is 2. The van der Waals surface area contributed by atoms with Crippen LogP contribution in [0.4, 0.5) is 4.79 Å². The summed E-state index contributed by atoms with van der Waals surface area (Å²) >= 11 is 2.96. The SMILES string of the molecule is Cc1ccc(-c2csc3ncn(CC(=O)NN4C(=O)NC5(CCC(C)CC5)C4=O)c(=O)c23)s1. The minimum Gasteiger partial charge on any atom is -0.322 e. The molecule has 1 spiro atoms. The summed E-state index contributed by atoms with van der Waals surface area (Å²) in [6.45, 7) is 3.76. The zero-order valence-electron chi connectivity index (χ0n) is 18.2. The lowest BCUT2D eigenvalue weighted by Crippen LogP contribution is -2.52. The summed E-state index contributed by atoms with van der Waals surface area (Å²) in [6, 6.07) is 3.31. The Balaban J connectivity index is 1.36. The third kappa shape index (κ3) is 3.74. The Kier molecular flexibility index (Phi) is 5.32. The lowest BCUT2D eigenvalue weighted by atomic mass is 9.77. The van der Waals surface area contributed by atoms with Crippen LogP contribution < -0.4 is 16.3 Å². The van der Waals surface area contributed by atoms with Gasteiger partial charge in [-0.15, -0.1) is 22.7 Å². The van der Waals surface area contributed by atoms with Crippen molar-refractivity contribution in [2.24, 2.45) is 5.92 Å². The number of hydrogen-bond donors (Lipinski definition) is 2. The molecule has 0 unspecified atom stereocenters. The van der Waals surface area contributed by atoms with Gasteiger partial charge in [-0.3, -0.25) is 24.4 Å². The van der Waals surface area contributed by atoms with Crippen LogP contribution >= 0.6 is 22.7 Å². The Morgan fingerprint density at radius 3 is 2.73 bits per heavy atom. The minimum absolute atomic E-state index is 0.340. The maximum absolute atomic E-state index is 13.2. The molecule has 2 N–H and O–H groups in total. The molecule has 9 nitrogen and oxygen atoms in total. The predicted octanol–water partition coefficient (Wildman–Crippen LogP) is 3.03. The van der Waals surface area contributed by atoms with Gasteiger partial charge in [0, 0.05) is 20.7 Å². The van der Waals surface area contributed by atoms with Crippen molar-refractivity contribution in [1.82, 2.24) is 25.3 Å². The number of hydrogen-bond acceptors (Lipinski definition) is 7. The number of amides is 4. The van der Waals surface area contributed by atoms with Gasteiger partial charge in [0.15, 0.2) is 0 Å². The number of urea groups is 1. The molecule has 0 radical (unpaired) electrons. The first-order chi connectivity index (χ1) is 15.8. The Morgan fingerprint density at radius 1 is 1.27 bits per heavy atom. The molecule has 2 aliphatic rings. The fourth-order valence-corrected chi connectivity index (χ4v) is 6.33. The number of nitrogens with one attached hydrogen (secondary N) is 2. The highest BCUT2D eigenvalue weighted by molar-refractivity contribution is 7.19. The van der Waals surface area contributed by atoms with Crippen LogP contribution in [0.1, 0.15) is 37.5 Å². The van der Waals surface area contributed by atoms with E-state index >= 15 is 0 Å². The molecule has 4 amide bonds. The van der Waals surface area contributed by atoms with Crippen molar-refractivity contribution in [3.63, 3.8) is 0 Å². The summed E-state index contributed by atoms with van der Waals surface area (Å²) in [7, 11) is 0. The lowest BCUT2D eigenvalue weighted by molar-refractivity contribution is -0.140. The number of fused-ring (bicyclic) bond motifs is 1. The first-order valence-electron chi connectivity index (χ1n) is 10.8. The van der Waals surface area contributed by atoms with Crippen molar-refractivity contribution >= 4 is 50.7 Å².